The van der Waals surface area contributed by atoms with Crippen LogP contribution in [-0.2, 0) is 13.1 Å². The Morgan fingerprint density at radius 2 is 1.97 bits per heavy atom. The van der Waals surface area contributed by atoms with Crippen molar-refractivity contribution in [3.63, 3.8) is 0 Å². The highest BCUT2D eigenvalue weighted by atomic mass is 35.5. The van der Waals surface area contributed by atoms with Gasteiger partial charge in [0.25, 0.3) is 5.91 Å². The number of amides is 1. The van der Waals surface area contributed by atoms with E-state index in [-0.39, 0.29) is 12.2 Å². The molecule has 0 bridgehead atoms. The van der Waals surface area contributed by atoms with Gasteiger partial charge >= 0.3 is 5.56 Å². The van der Waals surface area contributed by atoms with Crippen molar-refractivity contribution in [2.45, 2.75) is 13.1 Å². The number of halogens is 2. The van der Waals surface area contributed by atoms with Crippen LogP contribution in [0.25, 0.3) is 4.96 Å². The van der Waals surface area contributed by atoms with E-state index in [0.717, 1.165) is 36.6 Å². The number of fused-ring (bicyclic) bond motifs is 1. The topological polar surface area (TPSA) is 90.2 Å². The highest BCUT2D eigenvalue weighted by molar-refractivity contribution is 7.17. The molecule has 2 N–H and O–H groups in total. The van der Waals surface area contributed by atoms with Gasteiger partial charge in [-0.05, 0) is 24.7 Å². The predicted octanol–water partition coefficient (Wildman–Crippen LogP) is 2.45. The Kier molecular flexibility index (Phi) is 6.49. The summed E-state index contributed by atoms with van der Waals surface area (Å²) < 4.78 is 1.29. The molecule has 0 aliphatic carbocycles. The fraction of sp³-hybridized carbons (Fsp3) is 0.350. The Morgan fingerprint density at radius 3 is 2.68 bits per heavy atom. The summed E-state index contributed by atoms with van der Waals surface area (Å²) in [6.45, 7) is 4.72. The van der Waals surface area contributed by atoms with E-state index >= 15 is 0 Å². The smallest absolute Gasteiger partial charge is 0.301 e. The van der Waals surface area contributed by atoms with E-state index in [0.29, 0.717) is 21.6 Å². The molecule has 1 aromatic carbocycles. The monoisotopic (exact) mass is 481 g/mol. The molecule has 0 radical (unpaired) electrons. The number of piperazine rings is 1. The zero-order chi connectivity index (χ0) is 22.1. The number of thiazole rings is 1. The van der Waals surface area contributed by atoms with Gasteiger partial charge in [0.2, 0.25) is 5.75 Å². The zero-order valence-corrected chi connectivity index (χ0v) is 19.1. The second-order valence-electron chi connectivity index (χ2n) is 7.47. The highest BCUT2D eigenvalue weighted by Crippen LogP contribution is 2.23. The lowest BCUT2D eigenvalue weighted by Crippen LogP contribution is -2.43. The molecule has 164 valence electrons. The van der Waals surface area contributed by atoms with Crippen LogP contribution in [0.5, 0.6) is 5.75 Å². The molecule has 3 heterocycles. The fourth-order valence-corrected chi connectivity index (χ4v) is 4.68. The summed E-state index contributed by atoms with van der Waals surface area (Å²) in [7, 11) is 2.09. The summed E-state index contributed by atoms with van der Waals surface area (Å²) in [5, 5.41) is 13.7. The molecule has 4 rings (SSSR count). The van der Waals surface area contributed by atoms with E-state index in [1.807, 2.05) is 0 Å². The van der Waals surface area contributed by atoms with E-state index in [9.17, 15) is 14.7 Å². The molecule has 1 saturated heterocycles. The van der Waals surface area contributed by atoms with Gasteiger partial charge < -0.3 is 15.3 Å². The molecular formula is C20H21Cl2N5O3S. The lowest BCUT2D eigenvalue weighted by atomic mass is 10.2. The molecule has 2 aromatic heterocycles. The summed E-state index contributed by atoms with van der Waals surface area (Å²) >= 11 is 13.2. The van der Waals surface area contributed by atoms with E-state index < -0.39 is 17.2 Å². The van der Waals surface area contributed by atoms with Gasteiger partial charge in [-0.1, -0.05) is 40.6 Å². The Morgan fingerprint density at radius 1 is 1.23 bits per heavy atom. The average Bonchev–Trinajstić information content (AvgIpc) is 3.15. The molecular weight excluding hydrogens is 461 g/mol. The maximum Gasteiger partial charge on any atom is 0.301 e. The number of rotatable bonds is 5. The minimum atomic E-state index is -0.673. The van der Waals surface area contributed by atoms with Crippen LogP contribution < -0.4 is 10.9 Å². The molecule has 1 aliphatic rings. The number of likely N-dealkylation sites (N-methyl/N-ethyl adjacent to an activating group) is 1. The summed E-state index contributed by atoms with van der Waals surface area (Å²) in [5.74, 6) is -1.31. The van der Waals surface area contributed by atoms with Crippen LogP contribution in [-0.4, -0.2) is 63.4 Å². The summed E-state index contributed by atoms with van der Waals surface area (Å²) in [5.41, 5.74) is -0.228. The molecule has 1 amide bonds. The minimum Gasteiger partial charge on any atom is -0.501 e. The molecule has 0 saturated carbocycles. The average molecular weight is 482 g/mol. The van der Waals surface area contributed by atoms with Gasteiger partial charge in [-0.15, -0.1) is 0 Å². The molecule has 11 heteroatoms. The Labute approximate surface area is 192 Å². The molecule has 0 unspecified atom stereocenters. The standard InChI is InChI=1S/C20H21Cl2N5O3S/c1-25-4-6-26(7-5-25)10-13-11-27-19(30)17(28)16(24-20(27)31-13)18(29)23-9-12-2-3-14(21)15(22)8-12/h2-3,8,11,28H,4-7,9-10H2,1H3,(H,23,29). The number of aromatic hydroxyl groups is 1. The third kappa shape index (κ3) is 4.86. The normalized spacial score (nSPS) is 15.5. The van der Waals surface area contributed by atoms with Crippen LogP contribution in [0.15, 0.2) is 29.2 Å². The van der Waals surface area contributed by atoms with Crippen LogP contribution >= 0.6 is 34.5 Å². The largest absolute Gasteiger partial charge is 0.501 e. The summed E-state index contributed by atoms with van der Waals surface area (Å²) in [4.78, 5) is 35.3. The second-order valence-corrected chi connectivity index (χ2v) is 9.38. The number of hydrogen-bond acceptors (Lipinski definition) is 7. The van der Waals surface area contributed by atoms with Crippen molar-refractivity contribution in [1.82, 2.24) is 24.5 Å². The Balaban J connectivity index is 1.52. The summed E-state index contributed by atoms with van der Waals surface area (Å²) in [6, 6.07) is 5.00. The van der Waals surface area contributed by atoms with Crippen molar-refractivity contribution < 1.29 is 9.90 Å². The molecule has 0 spiro atoms. The first kappa shape index (κ1) is 22.0. The van der Waals surface area contributed by atoms with Crippen molar-refractivity contribution in [2.75, 3.05) is 33.2 Å². The number of carbonyl (C=O) groups is 1. The van der Waals surface area contributed by atoms with Crippen LogP contribution in [0.4, 0.5) is 0 Å². The molecule has 3 aromatic rings. The first-order valence-corrected chi connectivity index (χ1v) is 11.3. The molecule has 31 heavy (non-hydrogen) atoms. The van der Waals surface area contributed by atoms with Gasteiger partial charge in [-0.25, -0.2) is 4.98 Å². The number of nitrogens with one attached hydrogen (secondary N) is 1. The molecule has 1 fully saturated rings. The minimum absolute atomic E-state index is 0.148. The van der Waals surface area contributed by atoms with Crippen LogP contribution in [0.1, 0.15) is 20.9 Å². The predicted molar refractivity (Wildman–Crippen MR) is 121 cm³/mol. The molecule has 0 atom stereocenters. The third-order valence-corrected chi connectivity index (χ3v) is 6.89. The fourth-order valence-electron chi connectivity index (χ4n) is 3.35. The van der Waals surface area contributed by atoms with E-state index in [1.54, 1.807) is 24.4 Å². The van der Waals surface area contributed by atoms with Gasteiger partial charge in [0, 0.05) is 50.3 Å². The summed E-state index contributed by atoms with van der Waals surface area (Å²) in [6.07, 6.45) is 1.69. The van der Waals surface area contributed by atoms with Gasteiger partial charge in [-0.3, -0.25) is 18.9 Å². The molecule has 1 aliphatic heterocycles. The van der Waals surface area contributed by atoms with Gasteiger partial charge in [0.15, 0.2) is 10.7 Å². The van der Waals surface area contributed by atoms with Crippen LogP contribution in [0, 0.1) is 0 Å². The van der Waals surface area contributed by atoms with Crippen molar-refractivity contribution in [3.05, 3.63) is 60.9 Å². The van der Waals surface area contributed by atoms with Gasteiger partial charge in [-0.2, -0.15) is 0 Å². The van der Waals surface area contributed by atoms with Crippen molar-refractivity contribution >= 4 is 45.4 Å². The van der Waals surface area contributed by atoms with Crippen molar-refractivity contribution in [2.24, 2.45) is 0 Å². The Hall–Kier alpha value is -2.17. The first-order chi connectivity index (χ1) is 14.8. The van der Waals surface area contributed by atoms with E-state index in [1.165, 1.54) is 15.7 Å². The Bertz CT molecular complexity index is 1190. The lowest BCUT2D eigenvalue weighted by molar-refractivity contribution is 0.0943. The number of benzene rings is 1. The first-order valence-electron chi connectivity index (χ1n) is 9.69. The lowest BCUT2D eigenvalue weighted by Gasteiger charge is -2.31. The maximum absolute atomic E-state index is 12.6. The van der Waals surface area contributed by atoms with E-state index in [4.69, 9.17) is 23.2 Å². The van der Waals surface area contributed by atoms with Crippen molar-refractivity contribution in [3.8, 4) is 5.75 Å². The SMILES string of the molecule is CN1CCN(Cc2cn3c(=O)c(O)c(C(=O)NCc4ccc(Cl)c(Cl)c4)nc3s2)CC1. The van der Waals surface area contributed by atoms with Crippen molar-refractivity contribution in [1.29, 1.82) is 0 Å². The maximum atomic E-state index is 12.6. The highest BCUT2D eigenvalue weighted by Gasteiger charge is 2.21. The third-order valence-electron chi connectivity index (χ3n) is 5.18. The van der Waals surface area contributed by atoms with E-state index in [2.05, 4.69) is 27.1 Å². The van der Waals surface area contributed by atoms with Crippen LogP contribution in [0.3, 0.4) is 0 Å². The number of hydrogen-bond donors (Lipinski definition) is 2. The molecule has 8 nitrogen and oxygen atoms in total. The van der Waals surface area contributed by atoms with Gasteiger partial charge in [0.1, 0.15) is 0 Å². The van der Waals surface area contributed by atoms with Gasteiger partial charge in [0.05, 0.1) is 10.0 Å². The van der Waals surface area contributed by atoms with Crippen LogP contribution in [0.2, 0.25) is 10.0 Å². The second kappa shape index (κ2) is 9.13. The quantitative estimate of drug-likeness (QED) is 0.581. The number of nitrogens with zero attached hydrogens (tertiary/aromatic N) is 4. The number of carbonyl (C=O) groups excluding carboxylic acids is 1. The number of aromatic nitrogens is 2. The zero-order valence-electron chi connectivity index (χ0n) is 16.8.